The number of hydrogen-bond donors (Lipinski definition) is 1. The zero-order valence-electron chi connectivity index (χ0n) is 22.3. The molecule has 1 aliphatic heterocycles. The lowest BCUT2D eigenvalue weighted by Gasteiger charge is -2.38. The number of alkyl halides is 3. The number of fused-ring (bicyclic) bond motifs is 1. The lowest BCUT2D eigenvalue weighted by molar-refractivity contribution is -0.162. The highest BCUT2D eigenvalue weighted by molar-refractivity contribution is 5.81. The van der Waals surface area contributed by atoms with Crippen molar-refractivity contribution >= 4 is 16.9 Å². The molecule has 9 nitrogen and oxygen atoms in total. The first kappa shape index (κ1) is 27.5. The van der Waals surface area contributed by atoms with Crippen molar-refractivity contribution in [2.75, 3.05) is 32.8 Å². The van der Waals surface area contributed by atoms with Crippen LogP contribution in [0.15, 0.2) is 48.8 Å². The molecule has 40 heavy (non-hydrogen) atoms. The molecule has 0 radical (unpaired) electrons. The van der Waals surface area contributed by atoms with Crippen molar-refractivity contribution in [1.82, 2.24) is 34.7 Å². The van der Waals surface area contributed by atoms with Gasteiger partial charge in [0.05, 0.1) is 23.3 Å². The molecule has 12 heteroatoms. The number of H-pyrrole nitrogens is 1. The first-order chi connectivity index (χ1) is 19.2. The zero-order valence-corrected chi connectivity index (χ0v) is 22.3. The lowest BCUT2D eigenvalue weighted by atomic mass is 10.1. The number of ether oxygens (including phenoxy) is 1. The number of nitrogens with one attached hydrogen (secondary N) is 1. The van der Waals surface area contributed by atoms with Crippen LogP contribution >= 0.6 is 0 Å². The van der Waals surface area contributed by atoms with Gasteiger partial charge in [-0.1, -0.05) is 6.07 Å². The van der Waals surface area contributed by atoms with E-state index in [1.165, 1.54) is 4.90 Å². The standard InChI is InChI=1S/C28H30F3N7O2/c1-3-40-27-33-9-7-22(36-27)20-4-5-23-24(15-20)35-25(34-23)16-21-14-19(6-8-32-21)18(2)37-10-12-38(13-11-37)26(39)17-28(29,30)31/h4-9,14-15,18H,3,10-13,16-17H2,1-2H3,(H,34,35). The molecule has 1 unspecified atom stereocenters. The van der Waals surface area contributed by atoms with Gasteiger partial charge < -0.3 is 14.6 Å². The van der Waals surface area contributed by atoms with Crippen LogP contribution in [0.2, 0.25) is 0 Å². The average Bonchev–Trinajstić information content (AvgIpc) is 3.34. The normalized spacial score (nSPS) is 15.4. The minimum absolute atomic E-state index is 0.0225. The van der Waals surface area contributed by atoms with Gasteiger partial charge in [0, 0.05) is 62.3 Å². The van der Waals surface area contributed by atoms with Crippen LogP contribution in [0, 0.1) is 0 Å². The van der Waals surface area contributed by atoms with E-state index >= 15 is 0 Å². The number of carbonyl (C=O) groups is 1. The number of pyridine rings is 1. The van der Waals surface area contributed by atoms with Crippen LogP contribution in [-0.2, 0) is 11.2 Å². The predicted octanol–water partition coefficient (Wildman–Crippen LogP) is 4.56. The monoisotopic (exact) mass is 553 g/mol. The summed E-state index contributed by atoms with van der Waals surface area (Å²) in [6.45, 7) is 6.00. The van der Waals surface area contributed by atoms with Gasteiger partial charge in [0.2, 0.25) is 5.91 Å². The van der Waals surface area contributed by atoms with Crippen LogP contribution in [0.25, 0.3) is 22.3 Å². The second kappa shape index (κ2) is 11.6. The van der Waals surface area contributed by atoms with E-state index in [2.05, 4.69) is 31.8 Å². The van der Waals surface area contributed by atoms with Gasteiger partial charge in [0.15, 0.2) is 0 Å². The molecule has 210 valence electrons. The molecule has 0 spiro atoms. The molecule has 0 bridgehead atoms. The van der Waals surface area contributed by atoms with Gasteiger partial charge in [0.1, 0.15) is 12.2 Å². The summed E-state index contributed by atoms with van der Waals surface area (Å²) in [5.41, 5.74) is 5.28. The Labute approximate surface area is 229 Å². The van der Waals surface area contributed by atoms with Crippen LogP contribution < -0.4 is 4.74 Å². The fourth-order valence-electron chi connectivity index (χ4n) is 4.88. The maximum Gasteiger partial charge on any atom is 0.397 e. The number of rotatable bonds is 8. The van der Waals surface area contributed by atoms with Crippen LogP contribution in [0.1, 0.15) is 43.4 Å². The number of aromatic amines is 1. The Morgan fingerprint density at radius 1 is 1.05 bits per heavy atom. The van der Waals surface area contributed by atoms with Gasteiger partial charge in [-0.15, -0.1) is 0 Å². The molecule has 0 saturated carbocycles. The molecule has 4 heterocycles. The number of amides is 1. The topological polar surface area (TPSA) is 100 Å². The van der Waals surface area contributed by atoms with Crippen molar-refractivity contribution in [3.8, 4) is 17.3 Å². The maximum atomic E-state index is 12.6. The second-order valence-corrected chi connectivity index (χ2v) is 9.71. The summed E-state index contributed by atoms with van der Waals surface area (Å²) in [5.74, 6) is -0.0878. The van der Waals surface area contributed by atoms with E-state index in [0.717, 1.165) is 39.4 Å². The molecule has 5 rings (SSSR count). The molecule has 0 aliphatic carbocycles. The summed E-state index contributed by atoms with van der Waals surface area (Å²) in [6.07, 6.45) is -1.96. The summed E-state index contributed by atoms with van der Waals surface area (Å²) in [5, 5.41) is 0. The molecule has 3 aromatic heterocycles. The summed E-state index contributed by atoms with van der Waals surface area (Å²) >= 11 is 0. The largest absolute Gasteiger partial charge is 0.464 e. The highest BCUT2D eigenvalue weighted by Crippen LogP contribution is 2.26. The Morgan fingerprint density at radius 3 is 2.58 bits per heavy atom. The van der Waals surface area contributed by atoms with Gasteiger partial charge >= 0.3 is 12.2 Å². The molecule has 1 saturated heterocycles. The van der Waals surface area contributed by atoms with E-state index in [1.54, 1.807) is 12.4 Å². The average molecular weight is 554 g/mol. The highest BCUT2D eigenvalue weighted by Gasteiger charge is 2.35. The number of benzene rings is 1. The van der Waals surface area contributed by atoms with E-state index in [1.807, 2.05) is 43.3 Å². The number of halogens is 3. The van der Waals surface area contributed by atoms with Gasteiger partial charge in [-0.3, -0.25) is 14.7 Å². The number of carbonyl (C=O) groups excluding carboxylic acids is 1. The van der Waals surface area contributed by atoms with Crippen molar-refractivity contribution in [1.29, 1.82) is 0 Å². The minimum Gasteiger partial charge on any atom is -0.464 e. The summed E-state index contributed by atoms with van der Waals surface area (Å²) < 4.78 is 43.2. The molecule has 1 aromatic carbocycles. The Bertz CT molecular complexity index is 1480. The molecule has 1 N–H and O–H groups in total. The van der Waals surface area contributed by atoms with Crippen LogP contribution in [0.5, 0.6) is 6.01 Å². The van der Waals surface area contributed by atoms with Crippen LogP contribution in [0.4, 0.5) is 13.2 Å². The van der Waals surface area contributed by atoms with E-state index in [-0.39, 0.29) is 19.1 Å². The van der Waals surface area contributed by atoms with E-state index in [0.29, 0.717) is 32.1 Å². The van der Waals surface area contributed by atoms with Crippen LogP contribution in [0.3, 0.4) is 0 Å². The quantitative estimate of drug-likeness (QED) is 0.341. The van der Waals surface area contributed by atoms with Gasteiger partial charge in [0.25, 0.3) is 0 Å². The van der Waals surface area contributed by atoms with Crippen molar-refractivity contribution in [2.24, 2.45) is 0 Å². The number of aromatic nitrogens is 5. The highest BCUT2D eigenvalue weighted by atomic mass is 19.4. The summed E-state index contributed by atoms with van der Waals surface area (Å²) in [6, 6.07) is 12.1. The first-order valence-corrected chi connectivity index (χ1v) is 13.2. The number of piperazine rings is 1. The Hall–Kier alpha value is -4.06. The molecule has 1 atom stereocenters. The summed E-state index contributed by atoms with van der Waals surface area (Å²) in [4.78, 5) is 36.6. The fourth-order valence-corrected chi connectivity index (χ4v) is 4.88. The third kappa shape index (κ3) is 6.56. The number of hydrogen-bond acceptors (Lipinski definition) is 7. The Kier molecular flexibility index (Phi) is 7.97. The molecule has 1 amide bonds. The number of imidazole rings is 1. The fraction of sp³-hybridized carbons (Fsp3) is 0.393. The van der Waals surface area contributed by atoms with Gasteiger partial charge in [-0.25, -0.2) is 9.97 Å². The number of nitrogens with zero attached hydrogens (tertiary/aromatic N) is 6. The predicted molar refractivity (Wildman–Crippen MR) is 143 cm³/mol. The SMILES string of the molecule is CCOc1nccc(-c2ccc3nc(Cc4cc(C(C)N5CCN(C(=O)CC(F)(F)F)CC5)ccn4)[nH]c3c2)n1. The summed E-state index contributed by atoms with van der Waals surface area (Å²) in [7, 11) is 0. The van der Waals surface area contributed by atoms with Crippen molar-refractivity contribution in [3.05, 3.63) is 65.9 Å². The first-order valence-electron chi connectivity index (χ1n) is 13.2. The van der Waals surface area contributed by atoms with Gasteiger partial charge in [-0.05, 0) is 49.7 Å². The third-order valence-corrected chi connectivity index (χ3v) is 6.97. The third-order valence-electron chi connectivity index (χ3n) is 6.97. The van der Waals surface area contributed by atoms with Crippen molar-refractivity contribution in [2.45, 2.75) is 38.9 Å². The van der Waals surface area contributed by atoms with Crippen molar-refractivity contribution in [3.63, 3.8) is 0 Å². The maximum absolute atomic E-state index is 12.6. The molecule has 1 fully saturated rings. The second-order valence-electron chi connectivity index (χ2n) is 9.71. The smallest absolute Gasteiger partial charge is 0.397 e. The van der Waals surface area contributed by atoms with Gasteiger partial charge in [-0.2, -0.15) is 18.2 Å². The molecule has 1 aliphatic rings. The van der Waals surface area contributed by atoms with E-state index in [9.17, 15) is 18.0 Å². The van der Waals surface area contributed by atoms with Crippen LogP contribution in [-0.4, -0.2) is 79.6 Å². The van der Waals surface area contributed by atoms with E-state index in [4.69, 9.17) is 9.72 Å². The zero-order chi connectivity index (χ0) is 28.3. The molecular formula is C28H30F3N7O2. The lowest BCUT2D eigenvalue weighted by Crippen LogP contribution is -2.50. The Morgan fingerprint density at radius 2 is 1.82 bits per heavy atom. The molecular weight excluding hydrogens is 523 g/mol. The minimum atomic E-state index is -4.48. The van der Waals surface area contributed by atoms with Crippen molar-refractivity contribution < 1.29 is 22.7 Å². The Balaban J connectivity index is 1.24. The van der Waals surface area contributed by atoms with E-state index < -0.39 is 18.5 Å². The molecule has 4 aromatic rings.